The fourth-order valence-electron chi connectivity index (χ4n) is 2.34. The molecular weight excluding hydrogens is 343 g/mol. The van der Waals surface area contributed by atoms with Crippen LogP contribution in [0.2, 0.25) is 0 Å². The minimum Gasteiger partial charge on any atom is -0.362 e. The van der Waals surface area contributed by atoms with Gasteiger partial charge in [-0.1, -0.05) is 30.3 Å². The SMILES string of the molecule is CC(Nc1cnnc(Nc2ccc(C(F)(F)F)cc2)n1)c1ccccc1. The second kappa shape index (κ2) is 7.38. The zero-order chi connectivity index (χ0) is 18.6. The molecule has 0 amide bonds. The van der Waals surface area contributed by atoms with E-state index >= 15 is 0 Å². The van der Waals surface area contributed by atoms with Crippen LogP contribution >= 0.6 is 0 Å². The molecule has 0 aliphatic rings. The molecule has 1 unspecified atom stereocenters. The van der Waals surface area contributed by atoms with Crippen molar-refractivity contribution in [2.75, 3.05) is 10.6 Å². The van der Waals surface area contributed by atoms with Crippen LogP contribution in [0.5, 0.6) is 0 Å². The number of alkyl halides is 3. The summed E-state index contributed by atoms with van der Waals surface area (Å²) >= 11 is 0. The number of hydrogen-bond acceptors (Lipinski definition) is 5. The maximum absolute atomic E-state index is 12.6. The van der Waals surface area contributed by atoms with E-state index in [0.717, 1.165) is 17.7 Å². The molecule has 1 aromatic heterocycles. The molecule has 26 heavy (non-hydrogen) atoms. The number of halogens is 3. The van der Waals surface area contributed by atoms with E-state index in [9.17, 15) is 13.2 Å². The average Bonchev–Trinajstić information content (AvgIpc) is 2.62. The molecule has 0 bridgehead atoms. The summed E-state index contributed by atoms with van der Waals surface area (Å²) in [5, 5.41) is 13.8. The van der Waals surface area contributed by atoms with E-state index in [2.05, 4.69) is 25.8 Å². The van der Waals surface area contributed by atoms with E-state index in [0.29, 0.717) is 11.5 Å². The number of nitrogens with zero attached hydrogens (tertiary/aromatic N) is 3. The van der Waals surface area contributed by atoms with E-state index in [-0.39, 0.29) is 12.0 Å². The summed E-state index contributed by atoms with van der Waals surface area (Å²) in [6, 6.07) is 14.5. The zero-order valence-electron chi connectivity index (χ0n) is 13.8. The number of aromatic nitrogens is 3. The zero-order valence-corrected chi connectivity index (χ0v) is 13.8. The van der Waals surface area contributed by atoms with Gasteiger partial charge in [0.1, 0.15) is 0 Å². The molecule has 0 aliphatic heterocycles. The van der Waals surface area contributed by atoms with Gasteiger partial charge in [0, 0.05) is 11.7 Å². The second-order valence-electron chi connectivity index (χ2n) is 5.64. The number of hydrogen-bond donors (Lipinski definition) is 2. The van der Waals surface area contributed by atoms with Crippen LogP contribution in [-0.2, 0) is 6.18 Å². The Morgan fingerprint density at radius 3 is 2.31 bits per heavy atom. The van der Waals surface area contributed by atoms with Crippen LogP contribution in [0.15, 0.2) is 60.8 Å². The molecule has 134 valence electrons. The van der Waals surface area contributed by atoms with Crippen molar-refractivity contribution in [1.29, 1.82) is 0 Å². The van der Waals surface area contributed by atoms with E-state index in [1.54, 1.807) is 0 Å². The summed E-state index contributed by atoms with van der Waals surface area (Å²) in [5.74, 6) is 0.695. The molecule has 2 aromatic carbocycles. The molecule has 2 N–H and O–H groups in total. The fourth-order valence-corrected chi connectivity index (χ4v) is 2.34. The number of nitrogens with one attached hydrogen (secondary N) is 2. The van der Waals surface area contributed by atoms with E-state index in [1.165, 1.54) is 18.3 Å². The predicted octanol–water partition coefficient (Wildman–Crippen LogP) is 4.81. The van der Waals surface area contributed by atoms with Gasteiger partial charge in [-0.25, -0.2) is 0 Å². The highest BCUT2D eigenvalue weighted by atomic mass is 19.4. The Balaban J connectivity index is 1.69. The van der Waals surface area contributed by atoms with Crippen LogP contribution < -0.4 is 10.6 Å². The lowest BCUT2D eigenvalue weighted by atomic mass is 10.1. The molecule has 3 rings (SSSR count). The number of rotatable bonds is 5. The van der Waals surface area contributed by atoms with Crippen LogP contribution in [0.25, 0.3) is 0 Å². The van der Waals surface area contributed by atoms with E-state index in [4.69, 9.17) is 0 Å². The lowest BCUT2D eigenvalue weighted by Gasteiger charge is -2.15. The second-order valence-corrected chi connectivity index (χ2v) is 5.64. The largest absolute Gasteiger partial charge is 0.416 e. The summed E-state index contributed by atoms with van der Waals surface area (Å²) in [7, 11) is 0. The van der Waals surface area contributed by atoms with Crippen molar-refractivity contribution >= 4 is 17.5 Å². The molecule has 0 saturated heterocycles. The van der Waals surface area contributed by atoms with Gasteiger partial charge in [0.05, 0.1) is 11.8 Å². The average molecular weight is 359 g/mol. The van der Waals surface area contributed by atoms with E-state index in [1.807, 2.05) is 37.3 Å². The minimum absolute atomic E-state index is 0.00631. The van der Waals surface area contributed by atoms with Crippen LogP contribution in [-0.4, -0.2) is 15.2 Å². The predicted molar refractivity (Wildman–Crippen MR) is 93.0 cm³/mol. The lowest BCUT2D eigenvalue weighted by Crippen LogP contribution is -2.10. The van der Waals surface area contributed by atoms with Crippen LogP contribution in [0.3, 0.4) is 0 Å². The summed E-state index contributed by atoms with van der Waals surface area (Å²) in [6.45, 7) is 1.99. The first kappa shape index (κ1) is 17.7. The summed E-state index contributed by atoms with van der Waals surface area (Å²) in [6.07, 6.45) is -2.88. The first-order valence-electron chi connectivity index (χ1n) is 7.87. The number of benzene rings is 2. The highest BCUT2D eigenvalue weighted by Crippen LogP contribution is 2.30. The van der Waals surface area contributed by atoms with Crippen molar-refractivity contribution in [1.82, 2.24) is 15.2 Å². The van der Waals surface area contributed by atoms with Crippen molar-refractivity contribution < 1.29 is 13.2 Å². The van der Waals surface area contributed by atoms with Crippen LogP contribution in [0.4, 0.5) is 30.6 Å². The molecule has 0 aliphatic carbocycles. The summed E-state index contributed by atoms with van der Waals surface area (Å²) < 4.78 is 37.8. The molecule has 3 aromatic rings. The minimum atomic E-state index is -4.37. The smallest absolute Gasteiger partial charge is 0.362 e. The highest BCUT2D eigenvalue weighted by Gasteiger charge is 2.29. The first-order valence-corrected chi connectivity index (χ1v) is 7.87. The number of anilines is 3. The summed E-state index contributed by atoms with van der Waals surface area (Å²) in [5.41, 5.74) is 0.811. The van der Waals surface area contributed by atoms with Gasteiger partial charge in [-0.05, 0) is 36.8 Å². The molecule has 5 nitrogen and oxygen atoms in total. The third-order valence-electron chi connectivity index (χ3n) is 3.69. The Morgan fingerprint density at radius 2 is 1.65 bits per heavy atom. The molecule has 0 spiro atoms. The van der Waals surface area contributed by atoms with Crippen molar-refractivity contribution in [3.8, 4) is 0 Å². The quantitative estimate of drug-likeness (QED) is 0.685. The molecule has 0 radical (unpaired) electrons. The normalized spacial score (nSPS) is 12.5. The maximum Gasteiger partial charge on any atom is 0.416 e. The van der Waals surface area contributed by atoms with Gasteiger partial charge >= 0.3 is 6.18 Å². The Kier molecular flexibility index (Phi) is 5.01. The summed E-state index contributed by atoms with van der Waals surface area (Å²) in [4.78, 5) is 4.29. The molecular formula is C18H16F3N5. The Hall–Kier alpha value is -3.16. The monoisotopic (exact) mass is 359 g/mol. The Bertz CT molecular complexity index is 851. The standard InChI is InChI=1S/C18H16F3N5/c1-12(13-5-3-2-4-6-13)23-16-11-22-26-17(25-16)24-15-9-7-14(8-10-15)18(19,20)21/h2-12H,1H3,(H2,23,24,25,26). The van der Waals surface area contributed by atoms with Crippen molar-refractivity contribution in [3.05, 3.63) is 71.9 Å². The third kappa shape index (κ3) is 4.47. The van der Waals surface area contributed by atoms with Crippen LogP contribution in [0, 0.1) is 0 Å². The highest BCUT2D eigenvalue weighted by molar-refractivity contribution is 5.54. The van der Waals surface area contributed by atoms with Crippen molar-refractivity contribution in [2.24, 2.45) is 0 Å². The Labute approximate surface area is 148 Å². The Morgan fingerprint density at radius 1 is 0.962 bits per heavy atom. The molecule has 8 heteroatoms. The fraction of sp³-hybridized carbons (Fsp3) is 0.167. The van der Waals surface area contributed by atoms with Gasteiger partial charge in [-0.2, -0.15) is 23.3 Å². The molecule has 1 atom stereocenters. The van der Waals surface area contributed by atoms with Crippen molar-refractivity contribution in [3.63, 3.8) is 0 Å². The van der Waals surface area contributed by atoms with Gasteiger partial charge in [0.2, 0.25) is 5.95 Å². The molecule has 0 saturated carbocycles. The van der Waals surface area contributed by atoms with Gasteiger partial charge in [0.25, 0.3) is 0 Å². The lowest BCUT2D eigenvalue weighted by molar-refractivity contribution is -0.137. The third-order valence-corrected chi connectivity index (χ3v) is 3.69. The van der Waals surface area contributed by atoms with Gasteiger partial charge in [-0.15, -0.1) is 5.10 Å². The topological polar surface area (TPSA) is 62.7 Å². The maximum atomic E-state index is 12.6. The van der Waals surface area contributed by atoms with Crippen molar-refractivity contribution in [2.45, 2.75) is 19.1 Å². The molecule has 0 fully saturated rings. The molecule has 1 heterocycles. The van der Waals surface area contributed by atoms with E-state index < -0.39 is 11.7 Å². The first-order chi connectivity index (χ1) is 12.4. The van der Waals surface area contributed by atoms with Gasteiger partial charge in [-0.3, -0.25) is 0 Å². The van der Waals surface area contributed by atoms with Gasteiger partial charge < -0.3 is 10.6 Å². The van der Waals surface area contributed by atoms with Gasteiger partial charge in [0.15, 0.2) is 5.82 Å². The van der Waals surface area contributed by atoms with Crippen LogP contribution in [0.1, 0.15) is 24.1 Å².